The van der Waals surface area contributed by atoms with Crippen molar-refractivity contribution in [2.75, 3.05) is 25.2 Å². The third kappa shape index (κ3) is 3.88. The molecule has 1 aliphatic rings. The lowest BCUT2D eigenvalue weighted by Crippen LogP contribution is -2.62. The molecule has 8 heteroatoms. The maximum atomic E-state index is 13.7. The minimum atomic E-state index is -0.291. The van der Waals surface area contributed by atoms with Crippen molar-refractivity contribution in [1.82, 2.24) is 19.4 Å². The summed E-state index contributed by atoms with van der Waals surface area (Å²) >= 11 is 0. The highest BCUT2D eigenvalue weighted by molar-refractivity contribution is 5.73. The number of fused-ring (bicyclic) bond motifs is 1. The predicted molar refractivity (Wildman–Crippen MR) is 124 cm³/mol. The number of aryl methyl sites for hydroxylation is 1. The van der Waals surface area contributed by atoms with E-state index in [9.17, 15) is 9.18 Å². The second kappa shape index (κ2) is 8.94. The van der Waals surface area contributed by atoms with Crippen LogP contribution in [0, 0.1) is 5.82 Å². The van der Waals surface area contributed by atoms with Crippen molar-refractivity contribution < 1.29 is 9.13 Å². The number of ether oxygens (including phenoxy) is 1. The van der Waals surface area contributed by atoms with Gasteiger partial charge in [-0.2, -0.15) is 9.89 Å². The van der Waals surface area contributed by atoms with Crippen molar-refractivity contribution in [3.8, 4) is 5.75 Å². The van der Waals surface area contributed by atoms with Crippen LogP contribution in [0.5, 0.6) is 5.75 Å². The highest BCUT2D eigenvalue weighted by Crippen LogP contribution is 2.34. The molecule has 4 rings (SSSR count). The molecule has 1 aliphatic heterocycles. The van der Waals surface area contributed by atoms with Crippen LogP contribution < -0.4 is 15.3 Å². The van der Waals surface area contributed by atoms with Gasteiger partial charge in [-0.3, -0.25) is 14.7 Å². The minimum absolute atomic E-state index is 0.0394. The van der Waals surface area contributed by atoms with Crippen molar-refractivity contribution in [1.29, 1.82) is 0 Å². The highest BCUT2D eigenvalue weighted by atomic mass is 19.1. The Kier molecular flexibility index (Phi) is 6.24. The summed E-state index contributed by atoms with van der Waals surface area (Å²) in [6.45, 7) is 8.21. The van der Waals surface area contributed by atoms with E-state index in [1.54, 1.807) is 30.9 Å². The molecule has 3 atom stereocenters. The van der Waals surface area contributed by atoms with Gasteiger partial charge in [0, 0.05) is 43.4 Å². The Labute approximate surface area is 188 Å². The quantitative estimate of drug-likeness (QED) is 0.587. The molecule has 2 aromatic heterocycles. The van der Waals surface area contributed by atoms with E-state index in [1.807, 2.05) is 17.1 Å². The second-order valence-corrected chi connectivity index (χ2v) is 8.56. The Morgan fingerprint density at radius 3 is 2.59 bits per heavy atom. The molecule has 7 nitrogen and oxygen atoms in total. The fourth-order valence-corrected chi connectivity index (χ4v) is 4.85. The summed E-state index contributed by atoms with van der Waals surface area (Å²) < 4.78 is 20.9. The number of piperazine rings is 1. The molecule has 0 saturated carbocycles. The lowest BCUT2D eigenvalue weighted by Gasteiger charge is -2.49. The van der Waals surface area contributed by atoms with Crippen LogP contribution >= 0.6 is 0 Å². The Morgan fingerprint density at radius 2 is 1.91 bits per heavy atom. The number of hydrogen-bond donors (Lipinski definition) is 0. The van der Waals surface area contributed by atoms with Crippen LogP contribution in [0.1, 0.15) is 45.2 Å². The molecule has 172 valence electrons. The molecule has 1 fully saturated rings. The zero-order valence-corrected chi connectivity index (χ0v) is 19.5. The summed E-state index contributed by atoms with van der Waals surface area (Å²) in [7, 11) is 3.36. The maximum absolute atomic E-state index is 13.7. The molecule has 1 unspecified atom stereocenters. The number of rotatable bonds is 6. The van der Waals surface area contributed by atoms with E-state index in [0.29, 0.717) is 11.8 Å². The number of methoxy groups -OCH3 is 1. The summed E-state index contributed by atoms with van der Waals surface area (Å²) in [4.78, 5) is 16.5. The van der Waals surface area contributed by atoms with E-state index >= 15 is 0 Å². The van der Waals surface area contributed by atoms with Crippen LogP contribution in [0.2, 0.25) is 0 Å². The molecular weight excluding hydrogens is 409 g/mol. The van der Waals surface area contributed by atoms with Crippen molar-refractivity contribution in [2.45, 2.75) is 51.7 Å². The molecule has 1 saturated heterocycles. The van der Waals surface area contributed by atoms with Gasteiger partial charge in [0.15, 0.2) is 0 Å². The van der Waals surface area contributed by atoms with Crippen LogP contribution in [-0.2, 0) is 7.05 Å². The average molecular weight is 442 g/mol. The van der Waals surface area contributed by atoms with Crippen LogP contribution in [0.25, 0.3) is 11.0 Å². The van der Waals surface area contributed by atoms with Gasteiger partial charge >= 0.3 is 0 Å². The monoisotopic (exact) mass is 441 g/mol. The van der Waals surface area contributed by atoms with Gasteiger partial charge in [-0.1, -0.05) is 19.9 Å². The molecule has 0 aliphatic carbocycles. The van der Waals surface area contributed by atoms with Crippen LogP contribution in [-0.4, -0.2) is 51.6 Å². The third-order valence-electron chi connectivity index (χ3n) is 6.84. The number of pyridine rings is 1. The molecule has 32 heavy (non-hydrogen) atoms. The van der Waals surface area contributed by atoms with Crippen LogP contribution in [0.15, 0.2) is 41.3 Å². The van der Waals surface area contributed by atoms with E-state index in [0.717, 1.165) is 42.5 Å². The number of aromatic nitrogens is 3. The zero-order valence-electron chi connectivity index (χ0n) is 19.5. The number of hydrogen-bond acceptors (Lipinski definition) is 5. The first-order chi connectivity index (χ1) is 15.4. The normalized spacial score (nSPS) is 20.6. The molecule has 0 amide bonds. The van der Waals surface area contributed by atoms with Gasteiger partial charge in [-0.25, -0.2) is 4.39 Å². The van der Waals surface area contributed by atoms with Gasteiger partial charge in [0.25, 0.3) is 5.56 Å². The number of nitrogens with zero attached hydrogens (tertiary/aromatic N) is 5. The molecule has 1 aromatic carbocycles. The van der Waals surface area contributed by atoms with Gasteiger partial charge in [0.05, 0.1) is 31.4 Å². The SMILES string of the molecule is CC[C@@H]1CN(n2cc3c(ccc(=O)n3C)n2)[C@@H](CC)CN1C(C)c1ccc(F)cc1OC. The first kappa shape index (κ1) is 22.3. The van der Waals surface area contributed by atoms with E-state index < -0.39 is 0 Å². The number of halogens is 1. The highest BCUT2D eigenvalue weighted by Gasteiger charge is 2.36. The average Bonchev–Trinajstić information content (AvgIpc) is 3.25. The summed E-state index contributed by atoms with van der Waals surface area (Å²) in [5.41, 5.74) is 2.59. The lowest BCUT2D eigenvalue weighted by atomic mass is 9.97. The first-order valence-corrected chi connectivity index (χ1v) is 11.3. The number of benzene rings is 1. The van der Waals surface area contributed by atoms with Gasteiger partial charge in [0.2, 0.25) is 0 Å². The van der Waals surface area contributed by atoms with E-state index in [4.69, 9.17) is 9.84 Å². The molecule has 3 heterocycles. The Balaban J connectivity index is 1.66. The molecule has 0 N–H and O–H groups in total. The van der Waals surface area contributed by atoms with E-state index in [-0.39, 0.29) is 23.5 Å². The molecule has 0 spiro atoms. The van der Waals surface area contributed by atoms with Gasteiger partial charge in [-0.15, -0.1) is 0 Å². The first-order valence-electron chi connectivity index (χ1n) is 11.3. The van der Waals surface area contributed by atoms with Gasteiger partial charge < -0.3 is 9.30 Å². The van der Waals surface area contributed by atoms with Crippen molar-refractivity contribution >= 4 is 11.0 Å². The standard InChI is InChI=1S/C24H32FN5O2/c1-6-18-14-29(30-15-22-21(26-30)10-11-24(31)27(22)4)19(7-2)13-28(18)16(3)20-9-8-17(25)12-23(20)32-5/h8-12,15-16,18-19H,6-7,13-14H2,1-5H3/t16?,18-,19+/m1/s1. The van der Waals surface area contributed by atoms with Crippen molar-refractivity contribution in [2.24, 2.45) is 7.05 Å². The van der Waals surface area contributed by atoms with Crippen LogP contribution in [0.3, 0.4) is 0 Å². The molecular formula is C24H32FN5O2. The molecule has 3 aromatic rings. The fourth-order valence-electron chi connectivity index (χ4n) is 4.85. The summed E-state index contributed by atoms with van der Waals surface area (Å²) in [5, 5.41) is 7.08. The fraction of sp³-hybridized carbons (Fsp3) is 0.500. The van der Waals surface area contributed by atoms with Crippen molar-refractivity contribution in [3.05, 3.63) is 58.3 Å². The summed E-state index contributed by atoms with van der Waals surface area (Å²) in [6, 6.07) is 8.76. The van der Waals surface area contributed by atoms with E-state index in [1.165, 1.54) is 12.1 Å². The third-order valence-corrected chi connectivity index (χ3v) is 6.84. The Morgan fingerprint density at radius 1 is 1.16 bits per heavy atom. The maximum Gasteiger partial charge on any atom is 0.250 e. The molecule has 0 bridgehead atoms. The van der Waals surface area contributed by atoms with Gasteiger partial charge in [-0.05, 0) is 31.9 Å². The van der Waals surface area contributed by atoms with E-state index in [2.05, 4.69) is 30.7 Å². The zero-order chi connectivity index (χ0) is 23.0. The van der Waals surface area contributed by atoms with Gasteiger partial charge in [0.1, 0.15) is 17.1 Å². The summed E-state index contributed by atoms with van der Waals surface area (Å²) in [6.07, 6.45) is 3.88. The summed E-state index contributed by atoms with van der Waals surface area (Å²) in [5.74, 6) is 0.295. The largest absolute Gasteiger partial charge is 0.496 e. The minimum Gasteiger partial charge on any atom is -0.496 e. The lowest BCUT2D eigenvalue weighted by molar-refractivity contribution is 0.0843. The smallest absolute Gasteiger partial charge is 0.250 e. The van der Waals surface area contributed by atoms with Crippen LogP contribution in [0.4, 0.5) is 4.39 Å². The predicted octanol–water partition coefficient (Wildman–Crippen LogP) is 3.45. The second-order valence-electron chi connectivity index (χ2n) is 8.56. The Hall–Kier alpha value is -2.87. The van der Waals surface area contributed by atoms with Crippen molar-refractivity contribution in [3.63, 3.8) is 0 Å². The Bertz CT molecular complexity index is 1160. The molecule has 0 radical (unpaired) electrons. The topological polar surface area (TPSA) is 55.5 Å².